The molecule has 1 amide bonds. The summed E-state index contributed by atoms with van der Waals surface area (Å²) in [6.07, 6.45) is 4.12. The number of nitrogens with two attached hydrogens (primary N) is 1. The molecule has 108 valence electrons. The van der Waals surface area contributed by atoms with Crippen molar-refractivity contribution >= 4 is 11.7 Å². The van der Waals surface area contributed by atoms with E-state index >= 15 is 0 Å². The zero-order chi connectivity index (χ0) is 13.9. The first-order chi connectivity index (χ1) is 9.10. The fraction of sp³-hybridized carbons (Fsp3) is 0.846. The van der Waals surface area contributed by atoms with Crippen LogP contribution in [-0.2, 0) is 9.53 Å². The van der Waals surface area contributed by atoms with Crippen LogP contribution in [0.2, 0.25) is 0 Å². The van der Waals surface area contributed by atoms with Crippen molar-refractivity contribution < 1.29 is 14.7 Å². The number of carbonyl (C=O) groups excluding carboxylic acids is 1. The molecule has 1 aliphatic carbocycles. The Balaban J connectivity index is 2.19. The highest BCUT2D eigenvalue weighted by Gasteiger charge is 2.47. The van der Waals surface area contributed by atoms with Gasteiger partial charge in [-0.05, 0) is 26.2 Å². The minimum absolute atomic E-state index is 0.00218. The summed E-state index contributed by atoms with van der Waals surface area (Å²) in [4.78, 5) is 14.6. The summed E-state index contributed by atoms with van der Waals surface area (Å²) >= 11 is 0. The summed E-state index contributed by atoms with van der Waals surface area (Å²) in [6.45, 7) is 3.92. The van der Waals surface area contributed by atoms with E-state index in [0.29, 0.717) is 32.5 Å². The van der Waals surface area contributed by atoms with Gasteiger partial charge in [-0.25, -0.2) is 0 Å². The van der Waals surface area contributed by atoms with E-state index in [1.807, 2.05) is 11.8 Å². The van der Waals surface area contributed by atoms with Gasteiger partial charge < -0.3 is 20.6 Å². The number of hydrogen-bond donors (Lipinski definition) is 2. The third kappa shape index (κ3) is 2.68. The first-order valence-corrected chi connectivity index (χ1v) is 6.99. The predicted octanol–water partition coefficient (Wildman–Crippen LogP) is 0.931. The maximum absolute atomic E-state index is 12.8. The predicted molar refractivity (Wildman–Crippen MR) is 70.9 cm³/mol. The lowest BCUT2D eigenvalue weighted by molar-refractivity contribution is -0.139. The lowest BCUT2D eigenvalue weighted by atomic mass is 9.83. The maximum Gasteiger partial charge on any atom is 0.236 e. The number of oxime groups is 1. The number of carbonyl (C=O) groups is 1. The molecule has 2 aliphatic rings. The van der Waals surface area contributed by atoms with Crippen LogP contribution < -0.4 is 5.73 Å². The molecule has 0 aromatic carbocycles. The molecule has 6 nitrogen and oxygen atoms in total. The van der Waals surface area contributed by atoms with Crippen LogP contribution >= 0.6 is 0 Å². The Morgan fingerprint density at radius 2 is 2.11 bits per heavy atom. The Labute approximate surface area is 113 Å². The second kappa shape index (κ2) is 5.77. The fourth-order valence-electron chi connectivity index (χ4n) is 3.14. The van der Waals surface area contributed by atoms with Gasteiger partial charge in [0.25, 0.3) is 0 Å². The van der Waals surface area contributed by atoms with Crippen molar-refractivity contribution in [2.24, 2.45) is 16.3 Å². The summed E-state index contributed by atoms with van der Waals surface area (Å²) in [7, 11) is 0. The largest absolute Gasteiger partial charge is 0.409 e. The second-order valence-electron chi connectivity index (χ2n) is 5.56. The van der Waals surface area contributed by atoms with E-state index < -0.39 is 5.41 Å². The molecule has 0 radical (unpaired) electrons. The molecule has 3 N–H and O–H groups in total. The Kier molecular flexibility index (Phi) is 4.29. The van der Waals surface area contributed by atoms with Crippen molar-refractivity contribution in [1.29, 1.82) is 0 Å². The Morgan fingerprint density at radius 1 is 1.42 bits per heavy atom. The molecule has 0 spiro atoms. The number of hydrogen-bond acceptors (Lipinski definition) is 4. The summed E-state index contributed by atoms with van der Waals surface area (Å²) in [5.41, 5.74) is 5.02. The average Bonchev–Trinajstić information content (AvgIpc) is 2.81. The van der Waals surface area contributed by atoms with Gasteiger partial charge in [-0.2, -0.15) is 0 Å². The number of amidine groups is 1. The van der Waals surface area contributed by atoms with Gasteiger partial charge in [0.2, 0.25) is 5.91 Å². The van der Waals surface area contributed by atoms with Crippen LogP contribution in [0.25, 0.3) is 0 Å². The van der Waals surface area contributed by atoms with Crippen LogP contribution in [0.3, 0.4) is 0 Å². The van der Waals surface area contributed by atoms with Crippen molar-refractivity contribution in [2.75, 3.05) is 19.7 Å². The van der Waals surface area contributed by atoms with E-state index in [-0.39, 0.29) is 17.8 Å². The van der Waals surface area contributed by atoms with E-state index in [0.717, 1.165) is 19.3 Å². The minimum atomic E-state index is -0.793. The highest BCUT2D eigenvalue weighted by atomic mass is 16.5. The third-order valence-corrected chi connectivity index (χ3v) is 4.20. The van der Waals surface area contributed by atoms with Crippen LogP contribution in [0, 0.1) is 5.41 Å². The lowest BCUT2D eigenvalue weighted by Gasteiger charge is -2.33. The zero-order valence-corrected chi connectivity index (χ0v) is 11.5. The molecule has 1 heterocycles. The molecule has 1 saturated carbocycles. The molecule has 1 unspecified atom stereocenters. The molecule has 2 rings (SSSR count). The fourth-order valence-corrected chi connectivity index (χ4v) is 3.14. The number of rotatable bonds is 2. The van der Waals surface area contributed by atoms with Crippen LogP contribution in [0.4, 0.5) is 0 Å². The van der Waals surface area contributed by atoms with Gasteiger partial charge in [-0.3, -0.25) is 4.79 Å². The van der Waals surface area contributed by atoms with Gasteiger partial charge in [0.05, 0.1) is 6.10 Å². The first kappa shape index (κ1) is 14.1. The van der Waals surface area contributed by atoms with E-state index in [2.05, 4.69) is 5.16 Å². The monoisotopic (exact) mass is 269 g/mol. The molecule has 2 fully saturated rings. The standard InChI is InChI=1S/C13H23N3O3/c1-10-9-16(7-4-8-19-10)12(17)13(11(14)15-18)5-2-3-6-13/h10,18H,2-9H2,1H3,(H2,14,15). The molecule has 0 bridgehead atoms. The Morgan fingerprint density at radius 3 is 2.74 bits per heavy atom. The number of amides is 1. The van der Waals surface area contributed by atoms with Crippen LogP contribution in [0.15, 0.2) is 5.16 Å². The SMILES string of the molecule is CC1CN(C(=O)C2(C(N)=NO)CCCC2)CCCO1. The molecule has 1 aliphatic heterocycles. The second-order valence-corrected chi connectivity index (χ2v) is 5.56. The maximum atomic E-state index is 12.8. The highest BCUT2D eigenvalue weighted by molar-refractivity contribution is 6.07. The molecule has 19 heavy (non-hydrogen) atoms. The molecular weight excluding hydrogens is 246 g/mol. The summed E-state index contributed by atoms with van der Waals surface area (Å²) in [5, 5.41) is 12.1. The van der Waals surface area contributed by atoms with Crippen molar-refractivity contribution in [1.82, 2.24) is 4.90 Å². The van der Waals surface area contributed by atoms with Crippen LogP contribution in [-0.4, -0.2) is 47.7 Å². The van der Waals surface area contributed by atoms with Gasteiger partial charge in [0.1, 0.15) is 5.41 Å². The molecule has 0 aromatic heterocycles. The molecular formula is C13H23N3O3. The number of ether oxygens (including phenoxy) is 1. The van der Waals surface area contributed by atoms with Crippen molar-refractivity contribution in [3.63, 3.8) is 0 Å². The van der Waals surface area contributed by atoms with E-state index in [4.69, 9.17) is 15.7 Å². The number of nitrogens with zero attached hydrogens (tertiary/aromatic N) is 2. The molecule has 1 atom stereocenters. The van der Waals surface area contributed by atoms with Gasteiger partial charge in [-0.15, -0.1) is 0 Å². The smallest absolute Gasteiger partial charge is 0.236 e. The molecule has 6 heteroatoms. The normalized spacial score (nSPS) is 28.2. The Bertz CT molecular complexity index is 364. The van der Waals surface area contributed by atoms with Gasteiger partial charge in [-0.1, -0.05) is 18.0 Å². The average molecular weight is 269 g/mol. The minimum Gasteiger partial charge on any atom is -0.409 e. The van der Waals surface area contributed by atoms with Crippen LogP contribution in [0.5, 0.6) is 0 Å². The first-order valence-electron chi connectivity index (χ1n) is 6.99. The van der Waals surface area contributed by atoms with Crippen LogP contribution in [0.1, 0.15) is 39.0 Å². The summed E-state index contributed by atoms with van der Waals surface area (Å²) < 4.78 is 5.56. The van der Waals surface area contributed by atoms with E-state index in [1.165, 1.54) is 0 Å². The topological polar surface area (TPSA) is 88.2 Å². The summed E-state index contributed by atoms with van der Waals surface area (Å²) in [5.74, 6) is 0.0606. The van der Waals surface area contributed by atoms with Crippen molar-refractivity contribution in [3.05, 3.63) is 0 Å². The summed E-state index contributed by atoms with van der Waals surface area (Å²) in [6, 6.07) is 0. The van der Waals surface area contributed by atoms with E-state index in [9.17, 15) is 4.79 Å². The van der Waals surface area contributed by atoms with E-state index in [1.54, 1.807) is 0 Å². The quantitative estimate of drug-likeness (QED) is 0.338. The highest BCUT2D eigenvalue weighted by Crippen LogP contribution is 2.40. The lowest BCUT2D eigenvalue weighted by Crippen LogP contribution is -2.51. The molecule has 1 saturated heterocycles. The van der Waals surface area contributed by atoms with Gasteiger partial charge in [0, 0.05) is 19.7 Å². The van der Waals surface area contributed by atoms with Crippen molar-refractivity contribution in [2.45, 2.75) is 45.1 Å². The van der Waals surface area contributed by atoms with Crippen molar-refractivity contribution in [3.8, 4) is 0 Å². The third-order valence-electron chi connectivity index (χ3n) is 4.20. The Hall–Kier alpha value is -1.30. The zero-order valence-electron chi connectivity index (χ0n) is 11.5. The van der Waals surface area contributed by atoms with Gasteiger partial charge in [0.15, 0.2) is 5.84 Å². The molecule has 0 aromatic rings. The van der Waals surface area contributed by atoms with Gasteiger partial charge >= 0.3 is 0 Å².